The number of aryl methyl sites for hydroxylation is 1. The van der Waals surface area contributed by atoms with Crippen molar-refractivity contribution in [1.29, 1.82) is 0 Å². The van der Waals surface area contributed by atoms with Crippen LogP contribution in [0.4, 0.5) is 0 Å². The first-order valence-electron chi connectivity index (χ1n) is 6.24. The Labute approximate surface area is 113 Å². The molecule has 0 radical (unpaired) electrons. The summed E-state index contributed by atoms with van der Waals surface area (Å²) in [6.07, 6.45) is 0.554. The molecule has 18 heavy (non-hydrogen) atoms. The van der Waals surface area contributed by atoms with Gasteiger partial charge in [-0.05, 0) is 19.8 Å². The lowest BCUT2D eigenvalue weighted by Crippen LogP contribution is -2.46. The second kappa shape index (κ2) is 6.29. The standard InChI is InChI=1S/C13H22N2O2S/c1-5-17-12(16)13(8-14,9(2)3)6-11-15-10(4)7-18-11/h7,9H,5-6,8,14H2,1-4H3. The van der Waals surface area contributed by atoms with Gasteiger partial charge in [0, 0.05) is 24.0 Å². The quantitative estimate of drug-likeness (QED) is 0.804. The molecule has 5 heteroatoms. The summed E-state index contributed by atoms with van der Waals surface area (Å²) in [6.45, 7) is 8.43. The Morgan fingerprint density at radius 2 is 2.28 bits per heavy atom. The Kier molecular flexibility index (Phi) is 5.28. The first-order chi connectivity index (χ1) is 8.46. The van der Waals surface area contributed by atoms with Crippen LogP contribution in [0.1, 0.15) is 31.5 Å². The number of thiazole rings is 1. The second-order valence-electron chi connectivity index (χ2n) is 4.79. The highest BCUT2D eigenvalue weighted by molar-refractivity contribution is 7.09. The van der Waals surface area contributed by atoms with Crippen molar-refractivity contribution < 1.29 is 9.53 Å². The summed E-state index contributed by atoms with van der Waals surface area (Å²) in [6, 6.07) is 0. The monoisotopic (exact) mass is 270 g/mol. The molecule has 1 unspecified atom stereocenters. The molecular weight excluding hydrogens is 248 g/mol. The van der Waals surface area contributed by atoms with Crippen molar-refractivity contribution in [2.75, 3.05) is 13.2 Å². The van der Waals surface area contributed by atoms with Crippen LogP contribution in [0, 0.1) is 18.3 Å². The lowest BCUT2D eigenvalue weighted by Gasteiger charge is -2.33. The molecule has 0 saturated carbocycles. The van der Waals surface area contributed by atoms with Crippen molar-refractivity contribution in [3.63, 3.8) is 0 Å². The van der Waals surface area contributed by atoms with Crippen LogP contribution < -0.4 is 5.73 Å². The molecule has 1 rings (SSSR count). The molecule has 0 aromatic carbocycles. The molecule has 0 amide bonds. The van der Waals surface area contributed by atoms with Crippen molar-refractivity contribution in [3.05, 3.63) is 16.1 Å². The fourth-order valence-electron chi connectivity index (χ4n) is 1.93. The highest BCUT2D eigenvalue weighted by Crippen LogP contribution is 2.33. The normalized spacial score (nSPS) is 14.6. The predicted octanol–water partition coefficient (Wildman–Crippen LogP) is 2.16. The van der Waals surface area contributed by atoms with E-state index in [1.807, 2.05) is 33.1 Å². The number of hydrogen-bond donors (Lipinski definition) is 1. The lowest BCUT2D eigenvalue weighted by atomic mass is 9.74. The van der Waals surface area contributed by atoms with E-state index >= 15 is 0 Å². The molecule has 0 bridgehead atoms. The number of aromatic nitrogens is 1. The van der Waals surface area contributed by atoms with Gasteiger partial charge < -0.3 is 10.5 Å². The number of esters is 1. The topological polar surface area (TPSA) is 65.2 Å². The first kappa shape index (κ1) is 15.1. The van der Waals surface area contributed by atoms with E-state index in [-0.39, 0.29) is 18.4 Å². The van der Waals surface area contributed by atoms with Crippen LogP contribution >= 0.6 is 11.3 Å². The minimum absolute atomic E-state index is 0.116. The van der Waals surface area contributed by atoms with Gasteiger partial charge in [-0.3, -0.25) is 4.79 Å². The highest BCUT2D eigenvalue weighted by Gasteiger charge is 2.42. The minimum Gasteiger partial charge on any atom is -0.466 e. The first-order valence-corrected chi connectivity index (χ1v) is 7.12. The molecule has 102 valence electrons. The molecule has 2 N–H and O–H groups in total. The van der Waals surface area contributed by atoms with E-state index in [4.69, 9.17) is 10.5 Å². The molecule has 0 aliphatic rings. The van der Waals surface area contributed by atoms with Gasteiger partial charge in [0.05, 0.1) is 17.0 Å². The Balaban J connectivity index is 3.00. The maximum atomic E-state index is 12.2. The molecule has 0 aliphatic carbocycles. The van der Waals surface area contributed by atoms with Gasteiger partial charge in [-0.2, -0.15) is 0 Å². The third-order valence-corrected chi connectivity index (χ3v) is 4.25. The second-order valence-corrected chi connectivity index (χ2v) is 5.74. The maximum absolute atomic E-state index is 12.2. The maximum Gasteiger partial charge on any atom is 0.314 e. The van der Waals surface area contributed by atoms with Crippen LogP contribution in [0.5, 0.6) is 0 Å². The van der Waals surface area contributed by atoms with Crippen LogP contribution in [0.25, 0.3) is 0 Å². The van der Waals surface area contributed by atoms with E-state index < -0.39 is 5.41 Å². The summed E-state index contributed by atoms with van der Waals surface area (Å²) in [4.78, 5) is 16.6. The molecule has 0 fully saturated rings. The van der Waals surface area contributed by atoms with E-state index in [0.717, 1.165) is 10.7 Å². The van der Waals surface area contributed by atoms with Crippen LogP contribution in [-0.2, 0) is 16.0 Å². The summed E-state index contributed by atoms with van der Waals surface area (Å²) in [7, 11) is 0. The SMILES string of the molecule is CCOC(=O)C(CN)(Cc1nc(C)cs1)C(C)C. The molecule has 0 spiro atoms. The zero-order valence-corrected chi connectivity index (χ0v) is 12.3. The molecule has 0 aliphatic heterocycles. The van der Waals surface area contributed by atoms with Crippen molar-refractivity contribution >= 4 is 17.3 Å². The van der Waals surface area contributed by atoms with Gasteiger partial charge in [-0.25, -0.2) is 4.98 Å². The number of nitrogens with two attached hydrogens (primary N) is 1. The number of ether oxygens (including phenoxy) is 1. The summed E-state index contributed by atoms with van der Waals surface area (Å²) >= 11 is 1.57. The molecule has 1 aromatic heterocycles. The fourth-order valence-corrected chi connectivity index (χ4v) is 2.83. The fraction of sp³-hybridized carbons (Fsp3) is 0.692. The number of hydrogen-bond acceptors (Lipinski definition) is 5. The van der Waals surface area contributed by atoms with Gasteiger partial charge in [0.1, 0.15) is 0 Å². The van der Waals surface area contributed by atoms with Crippen molar-refractivity contribution in [2.45, 2.75) is 34.1 Å². The predicted molar refractivity (Wildman–Crippen MR) is 73.5 cm³/mol. The third-order valence-electron chi connectivity index (χ3n) is 3.28. The summed E-state index contributed by atoms with van der Waals surface area (Å²) in [5.41, 5.74) is 6.18. The van der Waals surface area contributed by atoms with E-state index in [9.17, 15) is 4.79 Å². The number of rotatable bonds is 6. The summed E-state index contributed by atoms with van der Waals surface area (Å²) in [5.74, 6) is -0.0962. The van der Waals surface area contributed by atoms with Crippen LogP contribution in [0.15, 0.2) is 5.38 Å². The molecule has 1 heterocycles. The van der Waals surface area contributed by atoms with Crippen molar-refractivity contribution in [3.8, 4) is 0 Å². The number of carbonyl (C=O) groups is 1. The van der Waals surface area contributed by atoms with Crippen molar-refractivity contribution in [1.82, 2.24) is 4.98 Å². The minimum atomic E-state index is -0.666. The molecular formula is C13H22N2O2S. The molecule has 4 nitrogen and oxygen atoms in total. The molecule has 0 saturated heterocycles. The Morgan fingerprint density at radius 1 is 1.61 bits per heavy atom. The van der Waals surface area contributed by atoms with Crippen molar-refractivity contribution in [2.24, 2.45) is 17.1 Å². The van der Waals surface area contributed by atoms with Gasteiger partial charge in [0.15, 0.2) is 0 Å². The highest BCUT2D eigenvalue weighted by atomic mass is 32.1. The van der Waals surface area contributed by atoms with Crippen LogP contribution in [-0.4, -0.2) is 24.1 Å². The van der Waals surface area contributed by atoms with Gasteiger partial charge in [0.2, 0.25) is 0 Å². The lowest BCUT2D eigenvalue weighted by molar-refractivity contribution is -0.157. The molecule has 1 aromatic rings. The Morgan fingerprint density at radius 3 is 2.67 bits per heavy atom. The van der Waals surface area contributed by atoms with Gasteiger partial charge in [-0.1, -0.05) is 13.8 Å². The van der Waals surface area contributed by atoms with E-state index in [0.29, 0.717) is 13.0 Å². The summed E-state index contributed by atoms with van der Waals surface area (Å²) in [5, 5.41) is 2.93. The van der Waals surface area contributed by atoms with Gasteiger partial charge in [0.25, 0.3) is 0 Å². The average Bonchev–Trinajstić information content (AvgIpc) is 2.71. The Hall–Kier alpha value is -0.940. The van der Waals surface area contributed by atoms with Crippen LogP contribution in [0.3, 0.4) is 0 Å². The Bertz CT molecular complexity index is 403. The smallest absolute Gasteiger partial charge is 0.314 e. The molecule has 1 atom stereocenters. The zero-order chi connectivity index (χ0) is 13.8. The zero-order valence-electron chi connectivity index (χ0n) is 11.5. The number of nitrogens with zero attached hydrogens (tertiary/aromatic N) is 1. The summed E-state index contributed by atoms with van der Waals surface area (Å²) < 4.78 is 5.20. The third kappa shape index (κ3) is 3.09. The van der Waals surface area contributed by atoms with Crippen LogP contribution in [0.2, 0.25) is 0 Å². The largest absolute Gasteiger partial charge is 0.466 e. The van der Waals surface area contributed by atoms with E-state index in [1.165, 1.54) is 0 Å². The van der Waals surface area contributed by atoms with E-state index in [2.05, 4.69) is 4.98 Å². The van der Waals surface area contributed by atoms with Gasteiger partial charge in [-0.15, -0.1) is 11.3 Å². The number of carbonyl (C=O) groups excluding carboxylic acids is 1. The average molecular weight is 270 g/mol. The van der Waals surface area contributed by atoms with Gasteiger partial charge >= 0.3 is 5.97 Å². The van der Waals surface area contributed by atoms with E-state index in [1.54, 1.807) is 11.3 Å².